The zero-order valence-electron chi connectivity index (χ0n) is 16.8. The maximum atomic E-state index is 12.7. The Labute approximate surface area is 166 Å². The van der Waals surface area contributed by atoms with E-state index in [0.29, 0.717) is 24.9 Å². The Hall–Kier alpha value is -1.73. The summed E-state index contributed by atoms with van der Waals surface area (Å²) in [5.41, 5.74) is 0.767. The van der Waals surface area contributed by atoms with Gasteiger partial charge >= 0.3 is 6.61 Å². The Morgan fingerprint density at radius 3 is 2.32 bits per heavy atom. The zero-order valence-corrected chi connectivity index (χ0v) is 16.8. The molecule has 156 valence electrons. The third-order valence-electron chi connectivity index (χ3n) is 5.63. The summed E-state index contributed by atoms with van der Waals surface area (Å²) in [7, 11) is 0. The number of nitrogens with zero attached hydrogens (tertiary/aromatic N) is 3. The van der Waals surface area contributed by atoms with Crippen molar-refractivity contribution in [3.05, 3.63) is 29.8 Å². The van der Waals surface area contributed by atoms with Gasteiger partial charge in [-0.1, -0.05) is 32.0 Å². The summed E-state index contributed by atoms with van der Waals surface area (Å²) in [5.74, 6) is 1.60. The van der Waals surface area contributed by atoms with E-state index in [1.165, 1.54) is 6.42 Å². The molecule has 1 aromatic rings. The van der Waals surface area contributed by atoms with Gasteiger partial charge in [0, 0.05) is 51.4 Å². The largest absolute Gasteiger partial charge is 0.434 e. The van der Waals surface area contributed by atoms with Crippen LogP contribution in [0.15, 0.2) is 24.3 Å². The number of rotatable bonds is 6. The molecule has 0 aliphatic carbocycles. The monoisotopic (exact) mass is 395 g/mol. The standard InChI is InChI=1S/C21H31F2N3O2/c1-16-11-17(2)13-26(12-16)20(27)15-25-9-7-24(8-10-25)14-18-5-3-4-6-19(18)28-21(22)23/h3-6,16-17,21H,7-15H2,1-2H3. The van der Waals surface area contributed by atoms with Gasteiger partial charge in [0.25, 0.3) is 0 Å². The molecular formula is C21H31F2N3O2. The highest BCUT2D eigenvalue weighted by Gasteiger charge is 2.27. The molecule has 2 aliphatic heterocycles. The van der Waals surface area contributed by atoms with E-state index in [-0.39, 0.29) is 11.7 Å². The van der Waals surface area contributed by atoms with E-state index in [9.17, 15) is 13.6 Å². The summed E-state index contributed by atoms with van der Waals surface area (Å²) >= 11 is 0. The highest BCUT2D eigenvalue weighted by atomic mass is 19.3. The fourth-order valence-electron chi connectivity index (χ4n) is 4.35. The smallest absolute Gasteiger partial charge is 0.387 e. The first kappa shape index (κ1) is 21.0. The quantitative estimate of drug-likeness (QED) is 0.742. The SMILES string of the molecule is CC1CC(C)CN(C(=O)CN2CCN(Cc3ccccc3OC(F)F)CC2)C1. The zero-order chi connectivity index (χ0) is 20.1. The van der Waals surface area contributed by atoms with Crippen LogP contribution in [0.3, 0.4) is 0 Å². The van der Waals surface area contributed by atoms with Crippen molar-refractivity contribution in [2.45, 2.75) is 33.4 Å². The van der Waals surface area contributed by atoms with Crippen LogP contribution in [0.2, 0.25) is 0 Å². The Morgan fingerprint density at radius 2 is 1.68 bits per heavy atom. The van der Waals surface area contributed by atoms with E-state index in [1.54, 1.807) is 12.1 Å². The van der Waals surface area contributed by atoms with Crippen molar-refractivity contribution in [2.75, 3.05) is 45.8 Å². The summed E-state index contributed by atoms with van der Waals surface area (Å²) in [5, 5.41) is 0. The molecule has 7 heteroatoms. The van der Waals surface area contributed by atoms with Gasteiger partial charge in [0.1, 0.15) is 5.75 Å². The molecule has 28 heavy (non-hydrogen) atoms. The highest BCUT2D eigenvalue weighted by Crippen LogP contribution is 2.23. The number of alkyl halides is 2. The van der Waals surface area contributed by atoms with Crippen LogP contribution in [0.4, 0.5) is 8.78 Å². The number of halogens is 2. The highest BCUT2D eigenvalue weighted by molar-refractivity contribution is 5.78. The van der Waals surface area contributed by atoms with E-state index < -0.39 is 6.61 Å². The average Bonchev–Trinajstić information content (AvgIpc) is 2.63. The first-order valence-corrected chi connectivity index (χ1v) is 10.2. The van der Waals surface area contributed by atoms with Gasteiger partial charge in [-0.05, 0) is 24.3 Å². The van der Waals surface area contributed by atoms with Crippen molar-refractivity contribution < 1.29 is 18.3 Å². The van der Waals surface area contributed by atoms with Gasteiger partial charge in [-0.25, -0.2) is 0 Å². The van der Waals surface area contributed by atoms with Crippen molar-refractivity contribution in [1.82, 2.24) is 14.7 Å². The predicted molar refractivity (Wildman–Crippen MR) is 104 cm³/mol. The molecule has 1 aromatic carbocycles. The predicted octanol–water partition coefficient (Wildman–Crippen LogP) is 2.91. The Bertz CT molecular complexity index is 640. The summed E-state index contributed by atoms with van der Waals surface area (Å²) < 4.78 is 29.8. The van der Waals surface area contributed by atoms with Gasteiger partial charge in [0.05, 0.1) is 6.54 Å². The summed E-state index contributed by atoms with van der Waals surface area (Å²) in [6, 6.07) is 6.94. The minimum atomic E-state index is -2.82. The molecule has 0 spiro atoms. The van der Waals surface area contributed by atoms with E-state index in [4.69, 9.17) is 0 Å². The second-order valence-corrected chi connectivity index (χ2v) is 8.28. The van der Waals surface area contributed by atoms with E-state index in [2.05, 4.69) is 28.4 Å². The summed E-state index contributed by atoms with van der Waals surface area (Å²) in [6.45, 7) is 7.62. The van der Waals surface area contributed by atoms with Gasteiger partial charge < -0.3 is 9.64 Å². The topological polar surface area (TPSA) is 36.0 Å². The number of piperazine rings is 1. The molecule has 2 heterocycles. The molecule has 5 nitrogen and oxygen atoms in total. The second kappa shape index (κ2) is 9.65. The fourth-order valence-corrected chi connectivity index (χ4v) is 4.35. The lowest BCUT2D eigenvalue weighted by Gasteiger charge is -2.38. The van der Waals surface area contributed by atoms with Gasteiger partial charge in [0.15, 0.2) is 0 Å². The van der Waals surface area contributed by atoms with Gasteiger partial charge in [-0.3, -0.25) is 14.6 Å². The van der Waals surface area contributed by atoms with Crippen LogP contribution >= 0.6 is 0 Å². The van der Waals surface area contributed by atoms with Gasteiger partial charge in [-0.15, -0.1) is 0 Å². The lowest BCUT2D eigenvalue weighted by molar-refractivity contribution is -0.135. The molecular weight excluding hydrogens is 364 g/mol. The Kier molecular flexibility index (Phi) is 7.24. The van der Waals surface area contributed by atoms with Crippen molar-refractivity contribution >= 4 is 5.91 Å². The summed E-state index contributed by atoms with van der Waals surface area (Å²) in [6.07, 6.45) is 1.19. The molecule has 1 amide bonds. The van der Waals surface area contributed by atoms with Crippen LogP contribution < -0.4 is 4.74 Å². The third-order valence-corrected chi connectivity index (χ3v) is 5.63. The first-order chi connectivity index (χ1) is 13.4. The Morgan fingerprint density at radius 1 is 1.07 bits per heavy atom. The number of likely N-dealkylation sites (tertiary alicyclic amines) is 1. The number of hydrogen-bond acceptors (Lipinski definition) is 4. The van der Waals surface area contributed by atoms with Crippen LogP contribution in [-0.4, -0.2) is 73.0 Å². The van der Waals surface area contributed by atoms with Crippen molar-refractivity contribution in [2.24, 2.45) is 11.8 Å². The molecule has 3 rings (SSSR count). The summed E-state index contributed by atoms with van der Waals surface area (Å²) in [4.78, 5) is 19.1. The Balaban J connectivity index is 1.47. The number of ether oxygens (including phenoxy) is 1. The van der Waals surface area contributed by atoms with Crippen molar-refractivity contribution in [3.63, 3.8) is 0 Å². The molecule has 0 saturated carbocycles. The molecule has 2 unspecified atom stereocenters. The third kappa shape index (κ3) is 5.88. The average molecular weight is 395 g/mol. The maximum absolute atomic E-state index is 12.7. The van der Waals surface area contributed by atoms with E-state index in [0.717, 1.165) is 44.8 Å². The minimum absolute atomic E-state index is 0.225. The number of carbonyl (C=O) groups is 1. The van der Waals surface area contributed by atoms with E-state index in [1.807, 2.05) is 17.0 Å². The number of hydrogen-bond donors (Lipinski definition) is 0. The normalized spacial score (nSPS) is 24.5. The minimum Gasteiger partial charge on any atom is -0.434 e. The second-order valence-electron chi connectivity index (χ2n) is 8.28. The number of carbonyl (C=O) groups excluding carboxylic acids is 1. The number of amides is 1. The van der Waals surface area contributed by atoms with Crippen LogP contribution in [0, 0.1) is 11.8 Å². The molecule has 0 bridgehead atoms. The lowest BCUT2D eigenvalue weighted by atomic mass is 9.92. The van der Waals surface area contributed by atoms with Crippen molar-refractivity contribution in [1.29, 1.82) is 0 Å². The van der Waals surface area contributed by atoms with Gasteiger partial charge in [-0.2, -0.15) is 8.78 Å². The van der Waals surface area contributed by atoms with Crippen LogP contribution in [0.1, 0.15) is 25.8 Å². The van der Waals surface area contributed by atoms with Crippen LogP contribution in [0.25, 0.3) is 0 Å². The fraction of sp³-hybridized carbons (Fsp3) is 0.667. The maximum Gasteiger partial charge on any atom is 0.387 e. The molecule has 2 aliphatic rings. The molecule has 0 radical (unpaired) electrons. The number of piperidine rings is 1. The molecule has 2 atom stereocenters. The van der Waals surface area contributed by atoms with Crippen LogP contribution in [0.5, 0.6) is 5.75 Å². The molecule has 2 saturated heterocycles. The van der Waals surface area contributed by atoms with E-state index >= 15 is 0 Å². The molecule has 2 fully saturated rings. The van der Waals surface area contributed by atoms with Crippen molar-refractivity contribution in [3.8, 4) is 5.75 Å². The number of benzene rings is 1. The first-order valence-electron chi connectivity index (χ1n) is 10.2. The number of para-hydroxylation sites is 1. The van der Waals surface area contributed by atoms with Crippen LogP contribution in [-0.2, 0) is 11.3 Å². The molecule has 0 N–H and O–H groups in total. The van der Waals surface area contributed by atoms with Gasteiger partial charge in [0.2, 0.25) is 5.91 Å². The molecule has 0 aromatic heterocycles. The lowest BCUT2D eigenvalue weighted by Crippen LogP contribution is -2.51.